The summed E-state index contributed by atoms with van der Waals surface area (Å²) in [5.41, 5.74) is 1.10. The third kappa shape index (κ3) is 6.87. The topological polar surface area (TPSA) is 83.8 Å². The van der Waals surface area contributed by atoms with Gasteiger partial charge in [0.2, 0.25) is 0 Å². The van der Waals surface area contributed by atoms with Gasteiger partial charge in [0.15, 0.2) is 0 Å². The van der Waals surface area contributed by atoms with Crippen LogP contribution in [0.1, 0.15) is 65.7 Å². The Kier molecular flexibility index (Phi) is 8.76. The minimum Gasteiger partial charge on any atom is -0.481 e. The number of hydrogen-bond donors (Lipinski definition) is 2. The highest BCUT2D eigenvalue weighted by Gasteiger charge is 2.33. The average Bonchev–Trinajstić information content (AvgIpc) is 2.51. The van der Waals surface area contributed by atoms with Crippen LogP contribution in [0.25, 0.3) is 0 Å². The first-order valence-corrected chi connectivity index (χ1v) is 8.83. The van der Waals surface area contributed by atoms with Crippen LogP contribution in [0.4, 0.5) is 0 Å². The Hall–Kier alpha value is -1.62. The van der Waals surface area contributed by atoms with Crippen molar-refractivity contribution in [2.75, 3.05) is 0 Å². The number of aliphatic carboxylic acids is 1. The molecule has 136 valence electrons. The van der Waals surface area contributed by atoms with Gasteiger partial charge in [-0.2, -0.15) is 0 Å². The Morgan fingerprint density at radius 2 is 2.08 bits per heavy atom. The third-order valence-electron chi connectivity index (χ3n) is 4.31. The zero-order valence-electron chi connectivity index (χ0n) is 15.0. The molecule has 3 atom stereocenters. The molecule has 1 unspecified atom stereocenters. The van der Waals surface area contributed by atoms with Crippen molar-refractivity contribution in [3.63, 3.8) is 0 Å². The van der Waals surface area contributed by atoms with Crippen molar-refractivity contribution in [2.45, 2.75) is 77.9 Å². The predicted molar refractivity (Wildman–Crippen MR) is 92.5 cm³/mol. The van der Waals surface area contributed by atoms with Crippen LogP contribution in [0.2, 0.25) is 0 Å². The Labute approximate surface area is 144 Å². The highest BCUT2D eigenvalue weighted by Crippen LogP contribution is 2.26. The maximum Gasteiger partial charge on any atom is 0.334 e. The van der Waals surface area contributed by atoms with Gasteiger partial charge < -0.3 is 14.9 Å². The summed E-state index contributed by atoms with van der Waals surface area (Å²) in [6.07, 6.45) is 7.75. The predicted octanol–water partition coefficient (Wildman–Crippen LogP) is 3.62. The fourth-order valence-electron chi connectivity index (χ4n) is 2.98. The molecule has 1 saturated heterocycles. The summed E-state index contributed by atoms with van der Waals surface area (Å²) in [6.45, 7) is 6.19. The summed E-state index contributed by atoms with van der Waals surface area (Å²) in [5.74, 6) is -1.17. The summed E-state index contributed by atoms with van der Waals surface area (Å²) in [4.78, 5) is 22.6. The monoisotopic (exact) mass is 338 g/mol. The van der Waals surface area contributed by atoms with Crippen molar-refractivity contribution in [2.24, 2.45) is 5.92 Å². The van der Waals surface area contributed by atoms with E-state index in [2.05, 4.69) is 19.9 Å². The van der Waals surface area contributed by atoms with Gasteiger partial charge >= 0.3 is 11.9 Å². The fourth-order valence-corrected chi connectivity index (χ4v) is 2.98. The lowest BCUT2D eigenvalue weighted by Crippen LogP contribution is -2.39. The van der Waals surface area contributed by atoms with E-state index in [-0.39, 0.29) is 18.4 Å². The van der Waals surface area contributed by atoms with Gasteiger partial charge in [-0.05, 0) is 24.8 Å². The minimum atomic E-state index is -1.01. The molecule has 24 heavy (non-hydrogen) atoms. The number of rotatable bonds is 9. The number of aliphatic hydroxyl groups is 1. The standard InChI is InChI=1S/C19H30O5/c1-4-5-6-7-8-13(2)11-14(3)18-16(20)12-15(19(23)24-18)9-10-17(21)22/h9,11,13,16,18,20H,4-8,10,12H2,1-3H3,(H,21,22)/b14-11+,15-9+/t13?,16-,18+/m1/s1. The Morgan fingerprint density at radius 1 is 1.38 bits per heavy atom. The molecule has 1 aliphatic rings. The summed E-state index contributed by atoms with van der Waals surface area (Å²) < 4.78 is 5.33. The van der Waals surface area contributed by atoms with E-state index in [9.17, 15) is 14.7 Å². The number of allylic oxidation sites excluding steroid dienone is 1. The molecule has 0 aliphatic carbocycles. The average molecular weight is 338 g/mol. The molecule has 0 saturated carbocycles. The van der Waals surface area contributed by atoms with Crippen molar-refractivity contribution >= 4 is 11.9 Å². The maximum absolute atomic E-state index is 12.0. The Bertz CT molecular complexity index is 492. The van der Waals surface area contributed by atoms with Gasteiger partial charge in [0.25, 0.3) is 0 Å². The van der Waals surface area contributed by atoms with Crippen molar-refractivity contribution in [1.29, 1.82) is 0 Å². The molecule has 5 heteroatoms. The number of unbranched alkanes of at least 4 members (excludes halogenated alkanes) is 3. The number of ether oxygens (including phenoxy) is 1. The number of carbonyl (C=O) groups excluding carboxylic acids is 1. The SMILES string of the molecule is CCCCCCC(C)/C=C(\C)[C@@H]1OC(=O)/C(=C/CC(=O)O)C[C@H]1O. The summed E-state index contributed by atoms with van der Waals surface area (Å²) in [6, 6.07) is 0. The van der Waals surface area contributed by atoms with Gasteiger partial charge in [0.1, 0.15) is 6.10 Å². The molecule has 0 amide bonds. The van der Waals surface area contributed by atoms with Gasteiger partial charge in [0.05, 0.1) is 12.5 Å². The van der Waals surface area contributed by atoms with Crippen LogP contribution in [-0.2, 0) is 14.3 Å². The van der Waals surface area contributed by atoms with E-state index < -0.39 is 24.1 Å². The highest BCUT2D eigenvalue weighted by atomic mass is 16.6. The highest BCUT2D eigenvalue weighted by molar-refractivity contribution is 5.90. The number of aliphatic hydroxyl groups excluding tert-OH is 1. The number of carbonyl (C=O) groups is 2. The first kappa shape index (κ1) is 20.4. The summed E-state index contributed by atoms with van der Waals surface area (Å²) in [5, 5.41) is 18.9. The van der Waals surface area contributed by atoms with E-state index in [1.165, 1.54) is 31.8 Å². The molecule has 0 radical (unpaired) electrons. The zero-order valence-corrected chi connectivity index (χ0v) is 15.0. The molecule has 0 bridgehead atoms. The van der Waals surface area contributed by atoms with E-state index in [1.807, 2.05) is 6.92 Å². The normalized spacial score (nSPS) is 24.8. The Balaban J connectivity index is 2.60. The number of carboxylic acid groups (broad SMARTS) is 1. The molecule has 1 heterocycles. The lowest BCUT2D eigenvalue weighted by Gasteiger charge is -2.30. The van der Waals surface area contributed by atoms with Gasteiger partial charge in [0, 0.05) is 12.0 Å². The maximum atomic E-state index is 12.0. The smallest absolute Gasteiger partial charge is 0.334 e. The number of hydrogen-bond acceptors (Lipinski definition) is 4. The van der Waals surface area contributed by atoms with Crippen LogP contribution in [0.15, 0.2) is 23.3 Å². The van der Waals surface area contributed by atoms with E-state index in [0.717, 1.165) is 12.0 Å². The van der Waals surface area contributed by atoms with Crippen molar-refractivity contribution in [1.82, 2.24) is 0 Å². The first-order chi connectivity index (χ1) is 11.3. The molecule has 2 N–H and O–H groups in total. The van der Waals surface area contributed by atoms with E-state index >= 15 is 0 Å². The second-order valence-electron chi connectivity index (χ2n) is 6.66. The lowest BCUT2D eigenvalue weighted by atomic mass is 9.92. The third-order valence-corrected chi connectivity index (χ3v) is 4.31. The minimum absolute atomic E-state index is 0.132. The van der Waals surface area contributed by atoms with Gasteiger partial charge in [-0.3, -0.25) is 4.79 Å². The molecule has 1 rings (SSSR count). The van der Waals surface area contributed by atoms with E-state index in [1.54, 1.807) is 0 Å². The summed E-state index contributed by atoms with van der Waals surface area (Å²) in [7, 11) is 0. The molecule has 1 aliphatic heterocycles. The summed E-state index contributed by atoms with van der Waals surface area (Å²) >= 11 is 0. The van der Waals surface area contributed by atoms with Crippen molar-refractivity contribution in [3.05, 3.63) is 23.3 Å². The molecule has 0 aromatic rings. The van der Waals surface area contributed by atoms with Gasteiger partial charge in [-0.15, -0.1) is 0 Å². The zero-order chi connectivity index (χ0) is 18.1. The fraction of sp³-hybridized carbons (Fsp3) is 0.684. The van der Waals surface area contributed by atoms with Crippen LogP contribution in [0, 0.1) is 5.92 Å². The molecule has 0 aromatic carbocycles. The van der Waals surface area contributed by atoms with E-state index in [4.69, 9.17) is 9.84 Å². The quantitative estimate of drug-likeness (QED) is 0.290. The second-order valence-corrected chi connectivity index (χ2v) is 6.66. The molecule has 1 fully saturated rings. The Morgan fingerprint density at radius 3 is 2.71 bits per heavy atom. The first-order valence-electron chi connectivity index (χ1n) is 8.83. The number of carboxylic acids is 1. The number of esters is 1. The van der Waals surface area contributed by atoms with Crippen LogP contribution in [0.5, 0.6) is 0 Å². The van der Waals surface area contributed by atoms with Crippen LogP contribution in [0.3, 0.4) is 0 Å². The molecular weight excluding hydrogens is 308 g/mol. The molecular formula is C19H30O5. The lowest BCUT2D eigenvalue weighted by molar-refractivity contribution is -0.152. The van der Waals surface area contributed by atoms with Crippen LogP contribution in [-0.4, -0.2) is 34.4 Å². The molecule has 0 spiro atoms. The largest absolute Gasteiger partial charge is 0.481 e. The molecule has 5 nitrogen and oxygen atoms in total. The number of cyclic esters (lactones) is 1. The molecule has 0 aromatic heterocycles. The van der Waals surface area contributed by atoms with E-state index in [0.29, 0.717) is 5.92 Å². The van der Waals surface area contributed by atoms with Gasteiger partial charge in [-0.1, -0.05) is 51.7 Å². The van der Waals surface area contributed by atoms with Crippen LogP contribution < -0.4 is 0 Å². The van der Waals surface area contributed by atoms with Crippen molar-refractivity contribution < 1.29 is 24.5 Å². The van der Waals surface area contributed by atoms with Crippen LogP contribution >= 0.6 is 0 Å². The second kappa shape index (κ2) is 10.3. The van der Waals surface area contributed by atoms with Gasteiger partial charge in [-0.25, -0.2) is 4.79 Å². The van der Waals surface area contributed by atoms with Crippen molar-refractivity contribution in [3.8, 4) is 0 Å².